The van der Waals surface area contributed by atoms with E-state index in [4.69, 9.17) is 0 Å². The summed E-state index contributed by atoms with van der Waals surface area (Å²) in [5.74, 6) is -0.376. The van der Waals surface area contributed by atoms with Gasteiger partial charge in [-0.3, -0.25) is 10.1 Å². The van der Waals surface area contributed by atoms with Crippen LogP contribution in [-0.2, 0) is 20.2 Å². The predicted molar refractivity (Wildman–Crippen MR) is 102 cm³/mol. The fourth-order valence-electron chi connectivity index (χ4n) is 2.96. The van der Waals surface area contributed by atoms with Crippen molar-refractivity contribution in [2.24, 2.45) is 0 Å². The Morgan fingerprint density at radius 1 is 1.11 bits per heavy atom. The van der Waals surface area contributed by atoms with E-state index < -0.39 is 16.1 Å². The molecule has 0 bridgehead atoms. The normalized spacial score (nSPS) is 16.7. The van der Waals surface area contributed by atoms with E-state index in [2.05, 4.69) is 31.4 Å². The molecule has 2 rings (SSSR count). The maximum absolute atomic E-state index is 12.8. The molecule has 3 N–H and O–H groups in total. The van der Waals surface area contributed by atoms with E-state index in [1.165, 1.54) is 11.4 Å². The summed E-state index contributed by atoms with van der Waals surface area (Å²) in [6.07, 6.45) is 0. The first-order valence-electron chi connectivity index (χ1n) is 9.00. The van der Waals surface area contributed by atoms with E-state index in [1.807, 2.05) is 12.1 Å². The molecule has 3 amide bonds. The van der Waals surface area contributed by atoms with Gasteiger partial charge in [0, 0.05) is 7.05 Å². The van der Waals surface area contributed by atoms with Crippen LogP contribution in [0.1, 0.15) is 26.3 Å². The van der Waals surface area contributed by atoms with Gasteiger partial charge in [-0.2, -0.15) is 4.31 Å². The number of carbonyl (C=O) groups is 2. The molecule has 9 heteroatoms. The molecule has 0 atom stereocenters. The maximum atomic E-state index is 12.8. The number of imide groups is 1. The van der Waals surface area contributed by atoms with E-state index >= 15 is 0 Å². The molecule has 1 saturated heterocycles. The van der Waals surface area contributed by atoms with Crippen molar-refractivity contribution in [3.05, 3.63) is 29.8 Å². The van der Waals surface area contributed by atoms with Gasteiger partial charge in [-0.05, 0) is 23.1 Å². The van der Waals surface area contributed by atoms with E-state index in [-0.39, 0.29) is 22.8 Å². The standard InChI is InChI=1S/C18H28N4O4S/c1-18(2,3)14-5-7-15(8-6-14)27(25,26)22-11-9-21(10-12-22)13-16(23)20-17(24)19-4/h5-8H,9-13H2,1-4H3,(H2,19,20,23,24)/p+1. The average molecular weight is 398 g/mol. The summed E-state index contributed by atoms with van der Waals surface area (Å²) in [5, 5.41) is 4.54. The third-order valence-electron chi connectivity index (χ3n) is 4.68. The van der Waals surface area contributed by atoms with Crippen molar-refractivity contribution < 1.29 is 22.9 Å². The number of hydrogen-bond donors (Lipinski definition) is 3. The molecular formula is C18H29N4O4S+. The number of hydrogen-bond acceptors (Lipinski definition) is 4. The fourth-order valence-corrected chi connectivity index (χ4v) is 4.40. The van der Waals surface area contributed by atoms with E-state index in [0.717, 1.165) is 10.5 Å². The summed E-state index contributed by atoms with van der Waals surface area (Å²) < 4.78 is 27.1. The van der Waals surface area contributed by atoms with Crippen molar-refractivity contribution in [3.8, 4) is 0 Å². The highest BCUT2D eigenvalue weighted by atomic mass is 32.2. The lowest BCUT2D eigenvalue weighted by atomic mass is 9.87. The minimum Gasteiger partial charge on any atom is -0.341 e. The van der Waals surface area contributed by atoms with Crippen LogP contribution in [0.3, 0.4) is 0 Å². The van der Waals surface area contributed by atoms with E-state index in [1.54, 1.807) is 12.1 Å². The topological polar surface area (TPSA) is 100 Å². The van der Waals surface area contributed by atoms with E-state index in [0.29, 0.717) is 26.2 Å². The minimum absolute atomic E-state index is 0.0352. The van der Waals surface area contributed by atoms with Gasteiger partial charge in [0.15, 0.2) is 6.54 Å². The molecule has 1 aromatic carbocycles. The number of urea groups is 1. The predicted octanol–water partition coefficient (Wildman–Crippen LogP) is -0.671. The molecule has 0 saturated carbocycles. The summed E-state index contributed by atoms with van der Waals surface area (Å²) in [4.78, 5) is 24.2. The van der Waals surface area contributed by atoms with Crippen LogP contribution in [-0.4, -0.2) is 64.4 Å². The lowest BCUT2D eigenvalue weighted by molar-refractivity contribution is -0.895. The molecule has 0 radical (unpaired) electrons. The highest BCUT2D eigenvalue weighted by Gasteiger charge is 2.31. The largest absolute Gasteiger partial charge is 0.341 e. The molecule has 1 fully saturated rings. The van der Waals surface area contributed by atoms with Crippen molar-refractivity contribution in [2.75, 3.05) is 39.8 Å². The molecule has 27 heavy (non-hydrogen) atoms. The molecule has 0 aromatic heterocycles. The Bertz CT molecular complexity index is 777. The summed E-state index contributed by atoms with van der Waals surface area (Å²) in [7, 11) is -2.11. The van der Waals surface area contributed by atoms with Gasteiger partial charge >= 0.3 is 6.03 Å². The van der Waals surface area contributed by atoms with Gasteiger partial charge in [0.2, 0.25) is 10.0 Å². The van der Waals surface area contributed by atoms with Gasteiger partial charge in [0.1, 0.15) is 0 Å². The number of quaternary nitrogens is 1. The number of sulfonamides is 1. The summed E-state index contributed by atoms with van der Waals surface area (Å²) in [6, 6.07) is 6.49. The van der Waals surface area contributed by atoms with Crippen LogP contribution in [0.4, 0.5) is 4.79 Å². The molecule has 8 nitrogen and oxygen atoms in total. The number of piperazine rings is 1. The Labute approximate surface area is 161 Å². The Hall–Kier alpha value is -1.97. The summed E-state index contributed by atoms with van der Waals surface area (Å²) in [5.41, 5.74) is 1.05. The Kier molecular flexibility index (Phi) is 6.61. The third kappa shape index (κ3) is 5.50. The first kappa shape index (κ1) is 21.3. The monoisotopic (exact) mass is 397 g/mol. The summed E-state index contributed by atoms with van der Waals surface area (Å²) >= 11 is 0. The molecule has 1 aliphatic heterocycles. The number of carbonyl (C=O) groups excluding carboxylic acids is 2. The van der Waals surface area contributed by atoms with Gasteiger partial charge in [-0.1, -0.05) is 32.9 Å². The second kappa shape index (κ2) is 8.37. The second-order valence-electron chi connectivity index (χ2n) is 7.73. The van der Waals surface area contributed by atoms with Crippen molar-refractivity contribution in [1.29, 1.82) is 0 Å². The van der Waals surface area contributed by atoms with Crippen LogP contribution < -0.4 is 15.5 Å². The van der Waals surface area contributed by atoms with Gasteiger partial charge in [0.25, 0.3) is 5.91 Å². The first-order valence-corrected chi connectivity index (χ1v) is 10.4. The molecule has 150 valence electrons. The van der Waals surface area contributed by atoms with Crippen molar-refractivity contribution in [2.45, 2.75) is 31.1 Å². The van der Waals surface area contributed by atoms with Crippen LogP contribution >= 0.6 is 0 Å². The van der Waals surface area contributed by atoms with Gasteiger partial charge in [-0.15, -0.1) is 0 Å². The Morgan fingerprint density at radius 2 is 1.67 bits per heavy atom. The van der Waals surface area contributed by atoms with Gasteiger partial charge in [-0.25, -0.2) is 13.2 Å². The molecule has 0 spiro atoms. The summed E-state index contributed by atoms with van der Waals surface area (Å²) in [6.45, 7) is 8.09. The van der Waals surface area contributed by atoms with Crippen molar-refractivity contribution in [1.82, 2.24) is 14.9 Å². The lowest BCUT2D eigenvalue weighted by Gasteiger charge is -2.31. The molecule has 0 aliphatic carbocycles. The smallest absolute Gasteiger partial charge is 0.321 e. The zero-order valence-electron chi connectivity index (χ0n) is 16.3. The SMILES string of the molecule is CNC(=O)NC(=O)C[NH+]1CCN(S(=O)(=O)c2ccc(C(C)(C)C)cc2)CC1. The van der Waals surface area contributed by atoms with Crippen LogP contribution in [0.25, 0.3) is 0 Å². The Balaban J connectivity index is 1.96. The number of amides is 3. The van der Waals surface area contributed by atoms with Crippen LogP contribution in [0.15, 0.2) is 29.2 Å². The van der Waals surface area contributed by atoms with Crippen LogP contribution in [0.2, 0.25) is 0 Å². The number of nitrogens with zero attached hydrogens (tertiary/aromatic N) is 1. The zero-order valence-corrected chi connectivity index (χ0v) is 17.1. The average Bonchev–Trinajstić information content (AvgIpc) is 2.61. The molecule has 0 unspecified atom stereocenters. The molecular weight excluding hydrogens is 368 g/mol. The number of benzene rings is 1. The Morgan fingerprint density at radius 3 is 2.15 bits per heavy atom. The highest BCUT2D eigenvalue weighted by molar-refractivity contribution is 7.89. The van der Waals surface area contributed by atoms with Crippen LogP contribution in [0.5, 0.6) is 0 Å². The fraction of sp³-hybridized carbons (Fsp3) is 0.556. The highest BCUT2D eigenvalue weighted by Crippen LogP contribution is 2.24. The minimum atomic E-state index is -3.54. The van der Waals surface area contributed by atoms with Crippen molar-refractivity contribution >= 4 is 22.0 Å². The number of rotatable bonds is 4. The van der Waals surface area contributed by atoms with Gasteiger partial charge in [0.05, 0.1) is 31.1 Å². The molecule has 1 aliphatic rings. The quantitative estimate of drug-likeness (QED) is 0.627. The van der Waals surface area contributed by atoms with E-state index in [9.17, 15) is 18.0 Å². The molecule has 1 heterocycles. The number of nitrogens with one attached hydrogen (secondary N) is 3. The third-order valence-corrected chi connectivity index (χ3v) is 6.59. The zero-order chi connectivity index (χ0) is 20.2. The first-order chi connectivity index (χ1) is 12.5. The van der Waals surface area contributed by atoms with Crippen LogP contribution in [0, 0.1) is 0 Å². The van der Waals surface area contributed by atoms with Crippen molar-refractivity contribution in [3.63, 3.8) is 0 Å². The lowest BCUT2D eigenvalue weighted by Crippen LogP contribution is -3.15. The second-order valence-corrected chi connectivity index (χ2v) is 9.67. The van der Waals surface area contributed by atoms with Gasteiger partial charge < -0.3 is 10.2 Å². The molecule has 1 aromatic rings. The maximum Gasteiger partial charge on any atom is 0.321 e.